The lowest BCUT2D eigenvalue weighted by atomic mass is 10.2. The standard InChI is InChI=1S/C14H20ClNO2/c1-4-16(10-14(9-15)18-12(3)17)13-7-5-6-11(2)8-13/h5-8,14H,4,9-10H2,1-3H3. The van der Waals surface area contributed by atoms with Crippen LogP contribution in [0.4, 0.5) is 5.69 Å². The lowest BCUT2D eigenvalue weighted by molar-refractivity contribution is -0.144. The van der Waals surface area contributed by atoms with Gasteiger partial charge in [-0.2, -0.15) is 0 Å². The highest BCUT2D eigenvalue weighted by atomic mass is 35.5. The van der Waals surface area contributed by atoms with Gasteiger partial charge in [0, 0.05) is 19.2 Å². The van der Waals surface area contributed by atoms with Gasteiger partial charge in [0.25, 0.3) is 0 Å². The van der Waals surface area contributed by atoms with Crippen LogP contribution in [0.2, 0.25) is 0 Å². The minimum Gasteiger partial charge on any atom is -0.459 e. The molecule has 1 aromatic rings. The minimum absolute atomic E-state index is 0.273. The van der Waals surface area contributed by atoms with Crippen molar-refractivity contribution in [2.24, 2.45) is 0 Å². The van der Waals surface area contributed by atoms with E-state index in [1.165, 1.54) is 12.5 Å². The molecule has 0 aliphatic rings. The molecule has 0 aromatic heterocycles. The smallest absolute Gasteiger partial charge is 0.303 e. The normalized spacial score (nSPS) is 12.0. The lowest BCUT2D eigenvalue weighted by Crippen LogP contribution is -2.36. The second kappa shape index (κ2) is 7.27. The van der Waals surface area contributed by atoms with Gasteiger partial charge in [0.2, 0.25) is 0 Å². The molecular formula is C14H20ClNO2. The maximum Gasteiger partial charge on any atom is 0.303 e. The van der Waals surface area contributed by atoms with Crippen LogP contribution in [-0.4, -0.2) is 31.0 Å². The van der Waals surface area contributed by atoms with Crippen LogP contribution in [0.15, 0.2) is 24.3 Å². The predicted molar refractivity (Wildman–Crippen MR) is 75.3 cm³/mol. The second-order valence-corrected chi connectivity index (χ2v) is 4.57. The Bertz CT molecular complexity index is 395. The van der Waals surface area contributed by atoms with Crippen molar-refractivity contribution in [2.75, 3.05) is 23.9 Å². The fraction of sp³-hybridized carbons (Fsp3) is 0.500. The number of nitrogens with zero attached hydrogens (tertiary/aromatic N) is 1. The van der Waals surface area contributed by atoms with Gasteiger partial charge in [0.15, 0.2) is 0 Å². The molecule has 0 aliphatic heterocycles. The van der Waals surface area contributed by atoms with Crippen LogP contribution in [0.5, 0.6) is 0 Å². The molecule has 0 saturated carbocycles. The molecule has 100 valence electrons. The van der Waals surface area contributed by atoms with Crippen molar-refractivity contribution in [3.8, 4) is 0 Å². The maximum atomic E-state index is 11.0. The van der Waals surface area contributed by atoms with Crippen LogP contribution in [0.1, 0.15) is 19.4 Å². The van der Waals surface area contributed by atoms with Crippen molar-refractivity contribution < 1.29 is 9.53 Å². The number of carbonyl (C=O) groups excluding carboxylic acids is 1. The van der Waals surface area contributed by atoms with E-state index in [9.17, 15) is 4.79 Å². The molecule has 0 N–H and O–H groups in total. The molecule has 0 radical (unpaired) electrons. The first-order valence-electron chi connectivity index (χ1n) is 6.11. The maximum absolute atomic E-state index is 11.0. The first-order valence-corrected chi connectivity index (χ1v) is 6.65. The number of benzene rings is 1. The Morgan fingerprint density at radius 2 is 2.22 bits per heavy atom. The Morgan fingerprint density at radius 3 is 2.72 bits per heavy atom. The molecule has 0 amide bonds. The molecule has 4 heteroatoms. The summed E-state index contributed by atoms with van der Waals surface area (Å²) in [5.41, 5.74) is 2.33. The van der Waals surface area contributed by atoms with Crippen LogP contribution in [0.3, 0.4) is 0 Å². The van der Waals surface area contributed by atoms with Crippen molar-refractivity contribution >= 4 is 23.3 Å². The van der Waals surface area contributed by atoms with Crippen LogP contribution >= 0.6 is 11.6 Å². The Morgan fingerprint density at radius 1 is 1.50 bits per heavy atom. The van der Waals surface area contributed by atoms with Crippen molar-refractivity contribution in [3.63, 3.8) is 0 Å². The Kier molecular flexibility index (Phi) is 5.99. The molecule has 0 aliphatic carbocycles. The van der Waals surface area contributed by atoms with E-state index in [0.29, 0.717) is 12.4 Å². The van der Waals surface area contributed by atoms with E-state index in [-0.39, 0.29) is 12.1 Å². The average molecular weight is 270 g/mol. The summed E-state index contributed by atoms with van der Waals surface area (Å²) in [6.07, 6.45) is -0.273. The number of esters is 1. The summed E-state index contributed by atoms with van der Waals surface area (Å²) < 4.78 is 5.17. The highest BCUT2D eigenvalue weighted by Gasteiger charge is 2.15. The largest absolute Gasteiger partial charge is 0.459 e. The number of hydrogen-bond acceptors (Lipinski definition) is 3. The molecular weight excluding hydrogens is 250 g/mol. The molecule has 0 bridgehead atoms. The van der Waals surface area contributed by atoms with Crippen LogP contribution in [0, 0.1) is 6.92 Å². The molecule has 1 atom stereocenters. The highest BCUT2D eigenvalue weighted by molar-refractivity contribution is 6.18. The number of halogens is 1. The van der Waals surface area contributed by atoms with Crippen LogP contribution in [-0.2, 0) is 9.53 Å². The molecule has 3 nitrogen and oxygen atoms in total. The zero-order valence-corrected chi connectivity index (χ0v) is 11.9. The summed E-state index contributed by atoms with van der Waals surface area (Å²) in [6, 6.07) is 8.25. The number of carbonyl (C=O) groups is 1. The van der Waals surface area contributed by atoms with E-state index in [2.05, 4.69) is 36.9 Å². The van der Waals surface area contributed by atoms with Gasteiger partial charge in [0.1, 0.15) is 6.10 Å². The third kappa shape index (κ3) is 4.57. The van der Waals surface area contributed by atoms with E-state index >= 15 is 0 Å². The van der Waals surface area contributed by atoms with E-state index in [1.54, 1.807) is 0 Å². The summed E-state index contributed by atoms with van der Waals surface area (Å²) in [5.74, 6) is 0.0166. The van der Waals surface area contributed by atoms with E-state index in [4.69, 9.17) is 16.3 Å². The predicted octanol–water partition coefficient (Wildman–Crippen LogP) is 2.99. The lowest BCUT2D eigenvalue weighted by Gasteiger charge is -2.27. The first-order chi connectivity index (χ1) is 8.56. The molecule has 1 rings (SSSR count). The molecule has 0 spiro atoms. The molecule has 18 heavy (non-hydrogen) atoms. The van der Waals surface area contributed by atoms with Gasteiger partial charge in [-0.05, 0) is 31.5 Å². The summed E-state index contributed by atoms with van der Waals surface area (Å²) in [4.78, 5) is 13.1. The molecule has 0 saturated heterocycles. The monoisotopic (exact) mass is 269 g/mol. The van der Waals surface area contributed by atoms with Crippen molar-refractivity contribution in [2.45, 2.75) is 26.9 Å². The molecule has 0 heterocycles. The van der Waals surface area contributed by atoms with Crippen molar-refractivity contribution in [1.82, 2.24) is 0 Å². The second-order valence-electron chi connectivity index (χ2n) is 4.26. The molecule has 1 unspecified atom stereocenters. The average Bonchev–Trinajstić information content (AvgIpc) is 2.33. The van der Waals surface area contributed by atoms with E-state index in [1.807, 2.05) is 6.07 Å². The number of likely N-dealkylation sites (N-methyl/N-ethyl adjacent to an activating group) is 1. The highest BCUT2D eigenvalue weighted by Crippen LogP contribution is 2.16. The summed E-state index contributed by atoms with van der Waals surface area (Å²) in [5, 5.41) is 0. The Balaban J connectivity index is 2.74. The fourth-order valence-electron chi connectivity index (χ4n) is 1.84. The van der Waals surface area contributed by atoms with Gasteiger partial charge in [-0.15, -0.1) is 11.6 Å². The third-order valence-corrected chi connectivity index (χ3v) is 3.02. The fourth-order valence-corrected chi connectivity index (χ4v) is 2.00. The first kappa shape index (κ1) is 14.8. The topological polar surface area (TPSA) is 29.5 Å². The number of anilines is 1. The zero-order valence-electron chi connectivity index (χ0n) is 11.1. The van der Waals surface area contributed by atoms with Gasteiger partial charge >= 0.3 is 5.97 Å². The third-order valence-electron chi connectivity index (χ3n) is 2.68. The van der Waals surface area contributed by atoms with Gasteiger partial charge in [-0.3, -0.25) is 4.79 Å². The van der Waals surface area contributed by atoms with Crippen LogP contribution < -0.4 is 4.90 Å². The van der Waals surface area contributed by atoms with Gasteiger partial charge in [-0.25, -0.2) is 0 Å². The van der Waals surface area contributed by atoms with Crippen molar-refractivity contribution in [3.05, 3.63) is 29.8 Å². The number of rotatable bonds is 6. The number of aryl methyl sites for hydroxylation is 1. The molecule has 1 aromatic carbocycles. The Hall–Kier alpha value is -1.22. The number of hydrogen-bond donors (Lipinski definition) is 0. The number of ether oxygens (including phenoxy) is 1. The molecule has 0 fully saturated rings. The van der Waals surface area contributed by atoms with Gasteiger partial charge < -0.3 is 9.64 Å². The SMILES string of the molecule is CCN(CC(CCl)OC(C)=O)c1cccc(C)c1. The van der Waals surface area contributed by atoms with E-state index in [0.717, 1.165) is 12.2 Å². The Labute approximate surface area is 114 Å². The zero-order chi connectivity index (χ0) is 13.5. The number of alkyl halides is 1. The van der Waals surface area contributed by atoms with E-state index < -0.39 is 0 Å². The summed E-state index contributed by atoms with van der Waals surface area (Å²) in [6.45, 7) is 6.99. The minimum atomic E-state index is -0.291. The summed E-state index contributed by atoms with van der Waals surface area (Å²) in [7, 11) is 0. The van der Waals surface area contributed by atoms with Gasteiger partial charge in [0.05, 0.1) is 12.4 Å². The van der Waals surface area contributed by atoms with Gasteiger partial charge in [-0.1, -0.05) is 12.1 Å². The summed E-state index contributed by atoms with van der Waals surface area (Å²) >= 11 is 5.83. The van der Waals surface area contributed by atoms with Crippen LogP contribution in [0.25, 0.3) is 0 Å². The quantitative estimate of drug-likeness (QED) is 0.587. The van der Waals surface area contributed by atoms with Crippen molar-refractivity contribution in [1.29, 1.82) is 0 Å².